The minimum Gasteiger partial charge on any atom is -0.312 e. The van der Waals surface area contributed by atoms with Crippen molar-refractivity contribution >= 4 is 0 Å². The fourth-order valence-electron chi connectivity index (χ4n) is 1.86. The molecule has 0 aliphatic carbocycles. The van der Waals surface area contributed by atoms with Crippen LogP contribution in [-0.2, 0) is 0 Å². The number of hydrogen-bond donors (Lipinski definition) is 1. The standard InChI is InChI=1S/C9H19N/c1-4-8-5-6-10-9(2,3)7-8/h8,10H,4-7H2,1-3H3/t8-/m0/s1. The molecule has 1 rings (SSSR count). The molecule has 1 N–H and O–H groups in total. The largest absolute Gasteiger partial charge is 0.312 e. The summed E-state index contributed by atoms with van der Waals surface area (Å²) in [4.78, 5) is 0. The summed E-state index contributed by atoms with van der Waals surface area (Å²) in [5, 5.41) is 3.52. The first-order chi connectivity index (χ1) is 4.64. The molecular weight excluding hydrogens is 122 g/mol. The molecule has 1 heteroatoms. The van der Waals surface area contributed by atoms with Crippen molar-refractivity contribution < 1.29 is 0 Å². The molecular formula is C9H19N. The summed E-state index contributed by atoms with van der Waals surface area (Å²) in [7, 11) is 0. The van der Waals surface area contributed by atoms with E-state index in [1.54, 1.807) is 0 Å². The lowest BCUT2D eigenvalue weighted by molar-refractivity contribution is 0.226. The Balaban J connectivity index is 2.40. The molecule has 1 aliphatic heterocycles. The summed E-state index contributed by atoms with van der Waals surface area (Å²) in [5.41, 5.74) is 0.402. The van der Waals surface area contributed by atoms with Crippen molar-refractivity contribution in [2.75, 3.05) is 6.54 Å². The molecule has 1 saturated heterocycles. The molecule has 0 aromatic carbocycles. The van der Waals surface area contributed by atoms with Crippen LogP contribution < -0.4 is 5.32 Å². The van der Waals surface area contributed by atoms with E-state index in [-0.39, 0.29) is 0 Å². The van der Waals surface area contributed by atoms with Crippen molar-refractivity contribution in [3.63, 3.8) is 0 Å². The molecule has 0 amide bonds. The smallest absolute Gasteiger partial charge is 0.0127 e. The third kappa shape index (κ3) is 1.98. The van der Waals surface area contributed by atoms with Gasteiger partial charge in [-0.25, -0.2) is 0 Å². The Labute approximate surface area is 64.2 Å². The fraction of sp³-hybridized carbons (Fsp3) is 1.00. The molecule has 1 heterocycles. The highest BCUT2D eigenvalue weighted by atomic mass is 15.0. The molecule has 10 heavy (non-hydrogen) atoms. The lowest BCUT2D eigenvalue weighted by Gasteiger charge is -2.36. The molecule has 0 aromatic rings. The monoisotopic (exact) mass is 141 g/mol. The van der Waals surface area contributed by atoms with Crippen molar-refractivity contribution in [3.8, 4) is 0 Å². The van der Waals surface area contributed by atoms with Crippen molar-refractivity contribution in [2.24, 2.45) is 5.92 Å². The van der Waals surface area contributed by atoms with Gasteiger partial charge in [0.15, 0.2) is 0 Å². The first-order valence-electron chi connectivity index (χ1n) is 4.39. The van der Waals surface area contributed by atoms with E-state index in [1.165, 1.54) is 25.8 Å². The van der Waals surface area contributed by atoms with Crippen LogP contribution in [0.3, 0.4) is 0 Å². The van der Waals surface area contributed by atoms with Gasteiger partial charge in [-0.1, -0.05) is 13.3 Å². The van der Waals surface area contributed by atoms with Gasteiger partial charge in [0.05, 0.1) is 0 Å². The second-order valence-corrected chi connectivity index (χ2v) is 4.08. The predicted octanol–water partition coefficient (Wildman–Crippen LogP) is 2.17. The number of rotatable bonds is 1. The molecule has 0 radical (unpaired) electrons. The summed E-state index contributed by atoms with van der Waals surface area (Å²) in [5.74, 6) is 0.969. The van der Waals surface area contributed by atoms with Crippen LogP contribution in [0.1, 0.15) is 40.0 Å². The quantitative estimate of drug-likeness (QED) is 0.590. The summed E-state index contributed by atoms with van der Waals surface area (Å²) in [6, 6.07) is 0. The Hall–Kier alpha value is -0.0400. The Morgan fingerprint density at radius 1 is 1.50 bits per heavy atom. The second kappa shape index (κ2) is 2.91. The van der Waals surface area contributed by atoms with Crippen LogP contribution in [-0.4, -0.2) is 12.1 Å². The molecule has 1 atom stereocenters. The van der Waals surface area contributed by atoms with Crippen molar-refractivity contribution in [1.29, 1.82) is 0 Å². The van der Waals surface area contributed by atoms with E-state index >= 15 is 0 Å². The van der Waals surface area contributed by atoms with Gasteiger partial charge in [-0.15, -0.1) is 0 Å². The van der Waals surface area contributed by atoms with Gasteiger partial charge in [0.25, 0.3) is 0 Å². The average Bonchev–Trinajstić information content (AvgIpc) is 1.86. The summed E-state index contributed by atoms with van der Waals surface area (Å²) < 4.78 is 0. The van der Waals surface area contributed by atoms with Crippen LogP contribution in [0.25, 0.3) is 0 Å². The van der Waals surface area contributed by atoms with E-state index in [4.69, 9.17) is 0 Å². The zero-order valence-electron chi connectivity index (χ0n) is 7.41. The topological polar surface area (TPSA) is 12.0 Å². The van der Waals surface area contributed by atoms with Crippen molar-refractivity contribution in [2.45, 2.75) is 45.6 Å². The van der Waals surface area contributed by atoms with Crippen LogP contribution in [0.2, 0.25) is 0 Å². The molecule has 1 aliphatic rings. The average molecular weight is 141 g/mol. The summed E-state index contributed by atoms with van der Waals surface area (Å²) in [6.07, 6.45) is 4.08. The molecule has 0 spiro atoms. The van der Waals surface area contributed by atoms with Crippen LogP contribution in [0.4, 0.5) is 0 Å². The first-order valence-corrected chi connectivity index (χ1v) is 4.39. The Morgan fingerprint density at radius 3 is 2.60 bits per heavy atom. The third-order valence-corrected chi connectivity index (χ3v) is 2.53. The SMILES string of the molecule is CC[C@H]1CCNC(C)(C)C1. The van der Waals surface area contributed by atoms with Gasteiger partial charge in [0, 0.05) is 5.54 Å². The third-order valence-electron chi connectivity index (χ3n) is 2.53. The van der Waals surface area contributed by atoms with Gasteiger partial charge >= 0.3 is 0 Å². The molecule has 0 saturated carbocycles. The Bertz CT molecular complexity index is 107. The zero-order chi connectivity index (χ0) is 7.61. The zero-order valence-corrected chi connectivity index (χ0v) is 7.41. The van der Waals surface area contributed by atoms with Gasteiger partial charge in [0.2, 0.25) is 0 Å². The first kappa shape index (κ1) is 8.06. The van der Waals surface area contributed by atoms with Crippen LogP contribution >= 0.6 is 0 Å². The van der Waals surface area contributed by atoms with Crippen LogP contribution in [0, 0.1) is 5.92 Å². The van der Waals surface area contributed by atoms with Gasteiger partial charge in [-0.3, -0.25) is 0 Å². The molecule has 1 fully saturated rings. The lowest BCUT2D eigenvalue weighted by atomic mass is 9.83. The minimum atomic E-state index is 0.402. The number of nitrogens with one attached hydrogen (secondary N) is 1. The van der Waals surface area contributed by atoms with Crippen LogP contribution in [0.5, 0.6) is 0 Å². The van der Waals surface area contributed by atoms with Crippen molar-refractivity contribution in [1.82, 2.24) is 5.32 Å². The Kier molecular flexibility index (Phi) is 2.35. The van der Waals surface area contributed by atoms with E-state index in [9.17, 15) is 0 Å². The maximum Gasteiger partial charge on any atom is 0.0127 e. The Morgan fingerprint density at radius 2 is 2.20 bits per heavy atom. The summed E-state index contributed by atoms with van der Waals surface area (Å²) in [6.45, 7) is 8.11. The molecule has 1 nitrogen and oxygen atoms in total. The maximum absolute atomic E-state index is 3.52. The van der Waals surface area contributed by atoms with E-state index in [1.807, 2.05) is 0 Å². The lowest BCUT2D eigenvalue weighted by Crippen LogP contribution is -2.46. The van der Waals surface area contributed by atoms with E-state index in [0.29, 0.717) is 5.54 Å². The molecule has 0 unspecified atom stereocenters. The predicted molar refractivity (Wildman–Crippen MR) is 45.1 cm³/mol. The van der Waals surface area contributed by atoms with Crippen molar-refractivity contribution in [3.05, 3.63) is 0 Å². The van der Waals surface area contributed by atoms with Crippen LogP contribution in [0.15, 0.2) is 0 Å². The van der Waals surface area contributed by atoms with Gasteiger partial charge in [-0.2, -0.15) is 0 Å². The fourth-order valence-corrected chi connectivity index (χ4v) is 1.86. The van der Waals surface area contributed by atoms with Gasteiger partial charge in [-0.05, 0) is 39.2 Å². The van der Waals surface area contributed by atoms with E-state index in [2.05, 4.69) is 26.1 Å². The van der Waals surface area contributed by atoms with Gasteiger partial charge < -0.3 is 5.32 Å². The number of piperidine rings is 1. The molecule has 0 bridgehead atoms. The molecule has 60 valence electrons. The van der Waals surface area contributed by atoms with E-state index < -0.39 is 0 Å². The highest BCUT2D eigenvalue weighted by Gasteiger charge is 2.25. The van der Waals surface area contributed by atoms with E-state index in [0.717, 1.165) is 5.92 Å². The second-order valence-electron chi connectivity index (χ2n) is 4.08. The minimum absolute atomic E-state index is 0.402. The number of hydrogen-bond acceptors (Lipinski definition) is 1. The normalized spacial score (nSPS) is 32.1. The highest BCUT2D eigenvalue weighted by molar-refractivity contribution is 4.85. The highest BCUT2D eigenvalue weighted by Crippen LogP contribution is 2.25. The summed E-state index contributed by atoms with van der Waals surface area (Å²) >= 11 is 0. The maximum atomic E-state index is 3.52. The van der Waals surface area contributed by atoms with Gasteiger partial charge in [0.1, 0.15) is 0 Å². The molecule has 0 aromatic heterocycles.